The van der Waals surface area contributed by atoms with Gasteiger partial charge in [-0.3, -0.25) is 34.3 Å². The van der Waals surface area contributed by atoms with Crippen molar-refractivity contribution in [3.05, 3.63) is 66.2 Å². The smallest absolute Gasteiger partial charge is 0.480 e. The van der Waals surface area contributed by atoms with Crippen LogP contribution in [0.3, 0.4) is 0 Å². The molecule has 0 unspecified atom stereocenters. The van der Waals surface area contributed by atoms with Gasteiger partial charge in [0.05, 0.1) is 25.0 Å². The molecule has 1 aliphatic heterocycles. The van der Waals surface area contributed by atoms with E-state index >= 15 is 0 Å². The van der Waals surface area contributed by atoms with Gasteiger partial charge >= 0.3 is 18.1 Å². The Kier molecular flexibility index (Phi) is 13.6. The monoisotopic (exact) mass is 676 g/mol. The van der Waals surface area contributed by atoms with Crippen molar-refractivity contribution in [3.63, 3.8) is 0 Å². The number of carbonyl (C=O) groups is 5. The maximum absolute atomic E-state index is 13.1. The Morgan fingerprint density at radius 1 is 1.06 bits per heavy atom. The van der Waals surface area contributed by atoms with Crippen molar-refractivity contribution in [1.82, 2.24) is 30.0 Å². The number of carbonyl (C=O) groups excluding carboxylic acids is 3. The lowest BCUT2D eigenvalue weighted by Gasteiger charge is -2.31. The number of amides is 3. The number of hydrogen-bond donors (Lipinski definition) is 4. The molecule has 3 amide bonds. The number of aliphatic carboxylic acids is 2. The van der Waals surface area contributed by atoms with Crippen molar-refractivity contribution < 1.29 is 47.4 Å². The first-order valence-corrected chi connectivity index (χ1v) is 15.1. The zero-order chi connectivity index (χ0) is 35.4. The Bertz CT molecular complexity index is 1560. The van der Waals surface area contributed by atoms with Crippen LogP contribution in [0.4, 0.5) is 13.2 Å². The number of likely N-dealkylation sites (N-methyl/N-ethyl adjacent to an activating group) is 1. The van der Waals surface area contributed by atoms with Crippen molar-refractivity contribution in [1.29, 1.82) is 0 Å². The average molecular weight is 677 g/mol. The summed E-state index contributed by atoms with van der Waals surface area (Å²) >= 11 is 0. The molecule has 48 heavy (non-hydrogen) atoms. The molecular weight excluding hydrogens is 637 g/mol. The molecule has 4 N–H and O–H groups in total. The number of benzene rings is 2. The molecule has 1 aromatic heterocycles. The first-order chi connectivity index (χ1) is 22.6. The fourth-order valence-corrected chi connectivity index (χ4v) is 5.48. The van der Waals surface area contributed by atoms with E-state index in [2.05, 4.69) is 15.3 Å². The third-order valence-electron chi connectivity index (χ3n) is 7.77. The van der Waals surface area contributed by atoms with Crippen LogP contribution in [0.5, 0.6) is 0 Å². The number of fused-ring (bicyclic) bond motifs is 1. The van der Waals surface area contributed by atoms with Crippen LogP contribution in [0.25, 0.3) is 10.8 Å². The SMILES string of the molecule is CN(C)[C@@H](CCC(=O)NC(=O)CN(Cc1cccc2ccccc12)C[C@@H]1CCCN1C(=O)Cc1c[nH]cn1)C(=O)O.O=C(O)C(F)(F)F. The largest absolute Gasteiger partial charge is 0.490 e. The summed E-state index contributed by atoms with van der Waals surface area (Å²) in [6.45, 7) is 1.54. The molecule has 3 aromatic rings. The molecule has 1 saturated heterocycles. The minimum atomic E-state index is -5.08. The molecule has 1 fully saturated rings. The van der Waals surface area contributed by atoms with Gasteiger partial charge in [0.2, 0.25) is 17.7 Å². The normalized spacial score (nSPS) is 15.2. The zero-order valence-electron chi connectivity index (χ0n) is 26.6. The van der Waals surface area contributed by atoms with E-state index in [1.54, 1.807) is 26.6 Å². The number of likely N-dealkylation sites (tertiary alicyclic amines) is 1. The summed E-state index contributed by atoms with van der Waals surface area (Å²) in [4.78, 5) is 71.5. The van der Waals surface area contributed by atoms with E-state index in [9.17, 15) is 37.5 Å². The minimum absolute atomic E-state index is 0.00165. The fourth-order valence-electron chi connectivity index (χ4n) is 5.48. The number of nitrogens with zero attached hydrogens (tertiary/aromatic N) is 4. The molecule has 0 spiro atoms. The number of nitrogens with one attached hydrogen (secondary N) is 2. The predicted molar refractivity (Wildman–Crippen MR) is 167 cm³/mol. The zero-order valence-corrected chi connectivity index (χ0v) is 26.6. The highest BCUT2D eigenvalue weighted by molar-refractivity contribution is 5.96. The molecule has 0 saturated carbocycles. The Morgan fingerprint density at radius 2 is 1.75 bits per heavy atom. The molecule has 260 valence electrons. The highest BCUT2D eigenvalue weighted by atomic mass is 19.4. The third kappa shape index (κ3) is 11.5. The molecule has 4 rings (SSSR count). The van der Waals surface area contributed by atoms with Crippen molar-refractivity contribution >= 4 is 40.4 Å². The molecule has 0 aliphatic carbocycles. The summed E-state index contributed by atoms with van der Waals surface area (Å²) in [5, 5.41) is 21.1. The molecule has 2 aromatic carbocycles. The number of carboxylic acid groups (broad SMARTS) is 2. The summed E-state index contributed by atoms with van der Waals surface area (Å²) < 4.78 is 31.7. The average Bonchev–Trinajstić information content (AvgIpc) is 3.69. The Balaban J connectivity index is 0.000000804. The summed E-state index contributed by atoms with van der Waals surface area (Å²) in [5.74, 6) is -4.74. The van der Waals surface area contributed by atoms with Crippen LogP contribution in [0.15, 0.2) is 55.0 Å². The second-order valence-electron chi connectivity index (χ2n) is 11.6. The topological polar surface area (TPSA) is 176 Å². The summed E-state index contributed by atoms with van der Waals surface area (Å²) in [7, 11) is 3.28. The van der Waals surface area contributed by atoms with E-state index in [4.69, 9.17) is 9.90 Å². The van der Waals surface area contributed by atoms with E-state index < -0.39 is 36.0 Å². The van der Waals surface area contributed by atoms with Gasteiger partial charge in [-0.25, -0.2) is 9.78 Å². The van der Waals surface area contributed by atoms with Gasteiger partial charge < -0.3 is 20.1 Å². The highest BCUT2D eigenvalue weighted by Crippen LogP contribution is 2.23. The molecule has 1 aliphatic rings. The standard InChI is InChI=1S/C30H38N6O5.C2HF3O2/c1-34(2)26(30(40)41)12-13-27(37)33-28(38)19-35(17-22-9-5-8-21-7-3-4-11-25(21)22)18-24-10-6-14-36(24)29(39)15-23-16-31-20-32-23;3-2(4,5)1(6)7/h3-5,7-9,11,16,20,24,26H,6,10,12-15,17-19H2,1-2H3,(H,31,32)(H,40,41)(H,33,37,38);(H,6,7)/t24-,26-;/m0./s1. The fraction of sp³-hybridized carbons (Fsp3) is 0.438. The van der Waals surface area contributed by atoms with Crippen LogP contribution in [0, 0.1) is 0 Å². The van der Waals surface area contributed by atoms with Gasteiger partial charge in [-0.15, -0.1) is 0 Å². The number of aromatic nitrogens is 2. The number of hydrogen-bond acceptors (Lipinski definition) is 8. The molecule has 2 atom stereocenters. The number of aromatic amines is 1. The number of imidazole rings is 1. The van der Waals surface area contributed by atoms with Gasteiger partial charge in [0, 0.05) is 38.3 Å². The Labute approximate surface area is 274 Å². The Hall–Kier alpha value is -4.83. The Morgan fingerprint density at radius 3 is 2.38 bits per heavy atom. The number of rotatable bonds is 13. The summed E-state index contributed by atoms with van der Waals surface area (Å²) in [5.41, 5.74) is 1.73. The van der Waals surface area contributed by atoms with Crippen molar-refractivity contribution in [2.75, 3.05) is 33.7 Å². The number of H-pyrrole nitrogens is 1. The lowest BCUT2D eigenvalue weighted by Crippen LogP contribution is -2.47. The van der Waals surface area contributed by atoms with Gasteiger partial charge in [0.1, 0.15) is 6.04 Å². The van der Waals surface area contributed by atoms with Crippen molar-refractivity contribution in [2.24, 2.45) is 0 Å². The number of carboxylic acids is 2. The van der Waals surface area contributed by atoms with Crippen LogP contribution in [0.1, 0.15) is 36.9 Å². The van der Waals surface area contributed by atoms with Crippen LogP contribution >= 0.6 is 0 Å². The first-order valence-electron chi connectivity index (χ1n) is 15.1. The third-order valence-corrected chi connectivity index (χ3v) is 7.77. The molecule has 0 radical (unpaired) electrons. The van der Waals surface area contributed by atoms with Crippen LogP contribution < -0.4 is 5.32 Å². The minimum Gasteiger partial charge on any atom is -0.480 e. The van der Waals surface area contributed by atoms with Gasteiger partial charge in [-0.05, 0) is 49.7 Å². The second kappa shape index (κ2) is 17.4. The molecule has 0 bridgehead atoms. The van der Waals surface area contributed by atoms with E-state index in [0.29, 0.717) is 25.3 Å². The van der Waals surface area contributed by atoms with E-state index in [-0.39, 0.29) is 37.8 Å². The first kappa shape index (κ1) is 37.6. The van der Waals surface area contributed by atoms with Gasteiger partial charge in [0.25, 0.3) is 0 Å². The lowest BCUT2D eigenvalue weighted by molar-refractivity contribution is -0.192. The van der Waals surface area contributed by atoms with Crippen molar-refractivity contribution in [3.8, 4) is 0 Å². The molecule has 16 heteroatoms. The quantitative estimate of drug-likeness (QED) is 0.211. The van der Waals surface area contributed by atoms with Crippen LogP contribution in [0.2, 0.25) is 0 Å². The predicted octanol–water partition coefficient (Wildman–Crippen LogP) is 2.67. The molecule has 13 nitrogen and oxygen atoms in total. The number of imide groups is 1. The van der Waals surface area contributed by atoms with E-state index in [1.807, 2.05) is 52.3 Å². The summed E-state index contributed by atoms with van der Waals surface area (Å²) in [6, 6.07) is 13.2. The highest BCUT2D eigenvalue weighted by Gasteiger charge is 2.38. The lowest BCUT2D eigenvalue weighted by atomic mass is 10.0. The van der Waals surface area contributed by atoms with Gasteiger partial charge in [-0.1, -0.05) is 42.5 Å². The maximum Gasteiger partial charge on any atom is 0.490 e. The number of alkyl halides is 3. The van der Waals surface area contributed by atoms with E-state index in [1.165, 1.54) is 4.90 Å². The summed E-state index contributed by atoms with van der Waals surface area (Å²) in [6.07, 6.45) is 0.105. The second-order valence-corrected chi connectivity index (χ2v) is 11.6. The molecule has 2 heterocycles. The maximum atomic E-state index is 13.1. The van der Waals surface area contributed by atoms with E-state index in [0.717, 1.165) is 29.2 Å². The molecular formula is C32H39F3N6O7. The number of halogens is 3. The van der Waals surface area contributed by atoms with Gasteiger partial charge in [0.15, 0.2) is 0 Å². The van der Waals surface area contributed by atoms with Gasteiger partial charge in [-0.2, -0.15) is 13.2 Å². The van der Waals surface area contributed by atoms with Crippen LogP contribution in [-0.2, 0) is 36.9 Å². The van der Waals surface area contributed by atoms with Crippen molar-refractivity contribution in [2.45, 2.75) is 56.9 Å². The van der Waals surface area contributed by atoms with Crippen LogP contribution in [-0.4, -0.2) is 117 Å².